The molecule has 0 aliphatic carbocycles. The average molecular weight is 312 g/mol. The molecule has 1 aromatic carbocycles. The van der Waals surface area contributed by atoms with Crippen molar-refractivity contribution in [2.75, 3.05) is 13.2 Å². The maximum Gasteiger partial charge on any atom is 0.122 e. The maximum absolute atomic E-state index is 5.92. The van der Waals surface area contributed by atoms with Crippen molar-refractivity contribution in [1.29, 1.82) is 0 Å². The van der Waals surface area contributed by atoms with Crippen molar-refractivity contribution in [3.63, 3.8) is 0 Å². The fourth-order valence-corrected chi connectivity index (χ4v) is 2.86. The molecule has 1 aliphatic rings. The molecule has 18 heavy (non-hydrogen) atoms. The van der Waals surface area contributed by atoms with Gasteiger partial charge in [-0.05, 0) is 56.0 Å². The highest BCUT2D eigenvalue weighted by molar-refractivity contribution is 9.10. The second-order valence-corrected chi connectivity index (χ2v) is 5.81. The Morgan fingerprint density at radius 2 is 2.28 bits per heavy atom. The van der Waals surface area contributed by atoms with Crippen molar-refractivity contribution < 1.29 is 4.74 Å². The third kappa shape index (κ3) is 3.99. The summed E-state index contributed by atoms with van der Waals surface area (Å²) in [6.45, 7) is 4.15. The lowest BCUT2D eigenvalue weighted by molar-refractivity contribution is 0.266. The fourth-order valence-electron chi connectivity index (χ4n) is 2.45. The molecule has 1 fully saturated rings. The van der Waals surface area contributed by atoms with Crippen LogP contribution < -0.4 is 10.1 Å². The summed E-state index contributed by atoms with van der Waals surface area (Å²) >= 11 is 3.50. The molecule has 100 valence electrons. The summed E-state index contributed by atoms with van der Waals surface area (Å²) < 4.78 is 7.05. The van der Waals surface area contributed by atoms with E-state index in [0.29, 0.717) is 6.04 Å². The fraction of sp³-hybridized carbons (Fsp3) is 0.600. The van der Waals surface area contributed by atoms with Gasteiger partial charge in [0.15, 0.2) is 0 Å². The van der Waals surface area contributed by atoms with Gasteiger partial charge in [-0.2, -0.15) is 0 Å². The first-order valence-electron chi connectivity index (χ1n) is 6.94. The summed E-state index contributed by atoms with van der Waals surface area (Å²) in [4.78, 5) is 0. The van der Waals surface area contributed by atoms with Crippen LogP contribution in [-0.2, 0) is 6.42 Å². The Labute approximate surface area is 118 Å². The number of nitrogens with one attached hydrogen (secondary N) is 1. The predicted molar refractivity (Wildman–Crippen MR) is 79.3 cm³/mol. The van der Waals surface area contributed by atoms with Gasteiger partial charge < -0.3 is 10.1 Å². The van der Waals surface area contributed by atoms with Crippen LogP contribution >= 0.6 is 15.9 Å². The monoisotopic (exact) mass is 311 g/mol. The van der Waals surface area contributed by atoms with E-state index in [1.807, 2.05) is 6.07 Å². The van der Waals surface area contributed by atoms with E-state index < -0.39 is 0 Å². The van der Waals surface area contributed by atoms with Crippen LogP contribution in [0.3, 0.4) is 0 Å². The lowest BCUT2D eigenvalue weighted by Gasteiger charge is -2.23. The number of aryl methyl sites for hydroxylation is 1. The zero-order valence-corrected chi connectivity index (χ0v) is 12.6. The highest BCUT2D eigenvalue weighted by atomic mass is 79.9. The first-order chi connectivity index (χ1) is 8.79. The van der Waals surface area contributed by atoms with Gasteiger partial charge in [0.25, 0.3) is 0 Å². The zero-order valence-electron chi connectivity index (χ0n) is 11.0. The van der Waals surface area contributed by atoms with Crippen molar-refractivity contribution in [3.05, 3.63) is 28.2 Å². The van der Waals surface area contributed by atoms with Crippen molar-refractivity contribution in [2.45, 2.75) is 45.1 Å². The number of hydrogen-bond acceptors (Lipinski definition) is 2. The van der Waals surface area contributed by atoms with Crippen molar-refractivity contribution in [3.8, 4) is 5.75 Å². The molecule has 2 nitrogen and oxygen atoms in total. The molecule has 1 atom stereocenters. The van der Waals surface area contributed by atoms with Crippen molar-refractivity contribution in [2.24, 2.45) is 0 Å². The van der Waals surface area contributed by atoms with Gasteiger partial charge in [-0.25, -0.2) is 0 Å². The highest BCUT2D eigenvalue weighted by Gasteiger charge is 2.12. The molecule has 3 heteroatoms. The molecule has 0 amide bonds. The molecule has 1 N–H and O–H groups in total. The van der Waals surface area contributed by atoms with E-state index in [4.69, 9.17) is 4.74 Å². The summed E-state index contributed by atoms with van der Waals surface area (Å²) in [6.07, 6.45) is 6.10. The Balaban J connectivity index is 1.82. The Hall–Kier alpha value is -0.540. The molecule has 0 unspecified atom stereocenters. The lowest BCUT2D eigenvalue weighted by atomic mass is 10.0. The smallest absolute Gasteiger partial charge is 0.122 e. The summed E-state index contributed by atoms with van der Waals surface area (Å²) in [7, 11) is 0. The number of ether oxygens (including phenoxy) is 1. The quantitative estimate of drug-likeness (QED) is 0.890. The topological polar surface area (TPSA) is 21.3 Å². The first-order valence-corrected chi connectivity index (χ1v) is 7.73. The molecule has 0 spiro atoms. The molecule has 1 aliphatic heterocycles. The number of hydrogen-bond donors (Lipinski definition) is 1. The Morgan fingerprint density at radius 3 is 3.00 bits per heavy atom. The minimum absolute atomic E-state index is 0.652. The van der Waals surface area contributed by atoms with Crippen LogP contribution in [0.15, 0.2) is 22.7 Å². The molecule has 0 saturated carbocycles. The Kier molecular flexibility index (Phi) is 5.51. The highest BCUT2D eigenvalue weighted by Crippen LogP contribution is 2.24. The number of rotatable bonds is 5. The average Bonchev–Trinajstić information content (AvgIpc) is 2.41. The normalized spacial score (nSPS) is 19.8. The van der Waals surface area contributed by atoms with E-state index in [1.54, 1.807) is 0 Å². The van der Waals surface area contributed by atoms with Crippen molar-refractivity contribution in [1.82, 2.24) is 5.32 Å². The van der Waals surface area contributed by atoms with Gasteiger partial charge in [0.05, 0.1) is 6.61 Å². The lowest BCUT2D eigenvalue weighted by Crippen LogP contribution is -2.35. The minimum Gasteiger partial charge on any atom is -0.493 e. The first kappa shape index (κ1) is 13.9. The SMILES string of the molecule is CCc1cc(Br)ccc1OCC[C@H]1CCCCN1. The van der Waals surface area contributed by atoms with Crippen LogP contribution in [0.25, 0.3) is 0 Å². The van der Waals surface area contributed by atoms with Gasteiger partial charge in [-0.3, -0.25) is 0 Å². The van der Waals surface area contributed by atoms with E-state index in [0.717, 1.165) is 29.7 Å². The van der Waals surface area contributed by atoms with Crippen LogP contribution in [0.5, 0.6) is 5.75 Å². The molecule has 2 rings (SSSR count). The number of piperidine rings is 1. The number of halogens is 1. The molecular weight excluding hydrogens is 290 g/mol. The molecule has 1 saturated heterocycles. The van der Waals surface area contributed by atoms with Gasteiger partial charge in [0, 0.05) is 10.5 Å². The van der Waals surface area contributed by atoms with Gasteiger partial charge >= 0.3 is 0 Å². The Morgan fingerprint density at radius 1 is 1.39 bits per heavy atom. The van der Waals surface area contributed by atoms with Gasteiger partial charge in [0.1, 0.15) is 5.75 Å². The summed E-state index contributed by atoms with van der Waals surface area (Å²) in [6, 6.07) is 6.91. The van der Waals surface area contributed by atoms with Gasteiger partial charge in [0.2, 0.25) is 0 Å². The molecule has 0 aromatic heterocycles. The van der Waals surface area contributed by atoms with Crippen LogP contribution in [-0.4, -0.2) is 19.2 Å². The van der Waals surface area contributed by atoms with Crippen LogP contribution in [0.4, 0.5) is 0 Å². The van der Waals surface area contributed by atoms with Gasteiger partial charge in [-0.15, -0.1) is 0 Å². The van der Waals surface area contributed by atoms with E-state index in [-0.39, 0.29) is 0 Å². The third-order valence-electron chi connectivity index (χ3n) is 3.54. The van der Waals surface area contributed by atoms with Crippen LogP contribution in [0.2, 0.25) is 0 Å². The summed E-state index contributed by atoms with van der Waals surface area (Å²) in [5, 5.41) is 3.56. The van der Waals surface area contributed by atoms with E-state index >= 15 is 0 Å². The second-order valence-electron chi connectivity index (χ2n) is 4.89. The molecule has 1 aromatic rings. The van der Waals surface area contributed by atoms with E-state index in [2.05, 4.69) is 40.3 Å². The minimum atomic E-state index is 0.652. The van der Waals surface area contributed by atoms with Crippen molar-refractivity contribution >= 4 is 15.9 Å². The second kappa shape index (κ2) is 7.15. The zero-order chi connectivity index (χ0) is 12.8. The standard InChI is InChI=1S/C15H22BrNO/c1-2-12-11-13(16)6-7-15(12)18-10-8-14-5-3-4-9-17-14/h6-7,11,14,17H,2-5,8-10H2,1H3/t14-/m1/s1. The maximum atomic E-state index is 5.92. The van der Waals surface area contributed by atoms with Crippen LogP contribution in [0, 0.1) is 0 Å². The summed E-state index contributed by atoms with van der Waals surface area (Å²) in [5.41, 5.74) is 1.28. The number of benzene rings is 1. The molecule has 0 bridgehead atoms. The molecular formula is C15H22BrNO. The van der Waals surface area contributed by atoms with Crippen LogP contribution in [0.1, 0.15) is 38.2 Å². The third-order valence-corrected chi connectivity index (χ3v) is 4.03. The predicted octanol–water partition coefficient (Wildman–Crippen LogP) is 3.92. The molecule has 0 radical (unpaired) electrons. The molecule has 1 heterocycles. The Bertz CT molecular complexity index is 375. The van der Waals surface area contributed by atoms with E-state index in [1.165, 1.54) is 31.4 Å². The van der Waals surface area contributed by atoms with E-state index in [9.17, 15) is 0 Å². The van der Waals surface area contributed by atoms with Gasteiger partial charge in [-0.1, -0.05) is 29.3 Å². The summed E-state index contributed by atoms with van der Waals surface area (Å²) in [5.74, 6) is 1.04. The largest absolute Gasteiger partial charge is 0.493 e.